The number of rotatable bonds is 13. The van der Waals surface area contributed by atoms with E-state index >= 15 is 0 Å². The van der Waals surface area contributed by atoms with Crippen molar-refractivity contribution in [1.82, 2.24) is 10.2 Å². The normalized spacial score (nSPS) is 12.1. The van der Waals surface area contributed by atoms with Crippen molar-refractivity contribution in [2.75, 3.05) is 10.8 Å². The average Bonchev–Trinajstić information content (AvgIpc) is 3.10. The fraction of sp³-hybridized carbons (Fsp3) is 0.220. The van der Waals surface area contributed by atoms with Gasteiger partial charge >= 0.3 is 0 Å². The first-order chi connectivity index (χ1) is 23.9. The van der Waals surface area contributed by atoms with E-state index in [2.05, 4.69) is 5.32 Å². The monoisotopic (exact) mass is 689 g/mol. The molecule has 0 aromatic heterocycles. The van der Waals surface area contributed by atoms with Gasteiger partial charge in [-0.05, 0) is 87.4 Å². The van der Waals surface area contributed by atoms with Gasteiger partial charge in [-0.1, -0.05) is 96.6 Å². The van der Waals surface area contributed by atoms with Gasteiger partial charge in [-0.25, -0.2) is 8.42 Å². The topological polar surface area (TPSA) is 96.0 Å². The molecule has 50 heavy (non-hydrogen) atoms. The van der Waals surface area contributed by atoms with E-state index in [4.69, 9.17) is 4.74 Å². The van der Waals surface area contributed by atoms with E-state index in [-0.39, 0.29) is 29.5 Å². The number of carbonyl (C=O) groups is 2. The van der Waals surface area contributed by atoms with Crippen molar-refractivity contribution in [2.45, 2.75) is 57.1 Å². The molecule has 9 heteroatoms. The summed E-state index contributed by atoms with van der Waals surface area (Å²) in [6.45, 7) is 7.08. The van der Waals surface area contributed by atoms with Gasteiger partial charge < -0.3 is 15.0 Å². The third-order valence-corrected chi connectivity index (χ3v) is 9.74. The molecule has 5 aromatic carbocycles. The third kappa shape index (κ3) is 9.60. The second kappa shape index (κ2) is 15.9. The SMILES string of the molecule is Cc1ccc(S(=O)(=O)N(CC(=O)N(Cc2ccccc2)[C@@H](Cc2ccccc2)C(=O)NC(C)(C)C)c2ccc(Oc3ccccc3)cc2)cc1. The Bertz CT molecular complexity index is 1960. The molecule has 8 nitrogen and oxygen atoms in total. The maximum absolute atomic E-state index is 14.7. The fourth-order valence-corrected chi connectivity index (χ4v) is 6.87. The van der Waals surface area contributed by atoms with Gasteiger partial charge in [0.1, 0.15) is 24.1 Å². The Morgan fingerprint density at radius 2 is 1.22 bits per heavy atom. The van der Waals surface area contributed by atoms with Crippen LogP contribution in [0.15, 0.2) is 144 Å². The van der Waals surface area contributed by atoms with Crippen LogP contribution in [0.3, 0.4) is 0 Å². The molecule has 0 heterocycles. The summed E-state index contributed by atoms with van der Waals surface area (Å²) in [5, 5.41) is 3.05. The first kappa shape index (κ1) is 35.9. The smallest absolute Gasteiger partial charge is 0.264 e. The van der Waals surface area contributed by atoms with Crippen LogP contribution in [0, 0.1) is 6.92 Å². The van der Waals surface area contributed by atoms with Crippen molar-refractivity contribution in [1.29, 1.82) is 0 Å². The minimum absolute atomic E-state index is 0.0430. The first-order valence-corrected chi connectivity index (χ1v) is 17.9. The lowest BCUT2D eigenvalue weighted by atomic mass is 10.0. The summed E-state index contributed by atoms with van der Waals surface area (Å²) >= 11 is 0. The molecule has 0 saturated carbocycles. The molecule has 0 fully saturated rings. The molecule has 0 saturated heterocycles. The molecule has 0 aliphatic rings. The lowest BCUT2D eigenvalue weighted by Crippen LogP contribution is -2.56. The number of para-hydroxylation sites is 1. The highest BCUT2D eigenvalue weighted by Gasteiger charge is 2.35. The molecule has 258 valence electrons. The van der Waals surface area contributed by atoms with Gasteiger partial charge in [0.25, 0.3) is 10.0 Å². The molecule has 1 atom stereocenters. The maximum atomic E-state index is 14.7. The zero-order valence-electron chi connectivity index (χ0n) is 28.8. The molecular weight excluding hydrogens is 647 g/mol. The van der Waals surface area contributed by atoms with E-state index < -0.39 is 34.1 Å². The Labute approximate surface area is 295 Å². The van der Waals surface area contributed by atoms with Crippen LogP contribution in [0.1, 0.15) is 37.5 Å². The van der Waals surface area contributed by atoms with E-state index in [1.165, 1.54) is 17.0 Å². The Morgan fingerprint density at radius 3 is 1.78 bits per heavy atom. The van der Waals surface area contributed by atoms with Gasteiger partial charge in [-0.2, -0.15) is 0 Å². The Hall–Kier alpha value is -5.41. The number of carbonyl (C=O) groups excluding carboxylic acids is 2. The number of aryl methyl sites for hydroxylation is 1. The number of benzene rings is 5. The predicted molar refractivity (Wildman–Crippen MR) is 197 cm³/mol. The molecule has 0 aliphatic heterocycles. The zero-order chi connectivity index (χ0) is 35.7. The lowest BCUT2D eigenvalue weighted by Gasteiger charge is -2.35. The lowest BCUT2D eigenvalue weighted by molar-refractivity contribution is -0.140. The van der Waals surface area contributed by atoms with Crippen LogP contribution in [-0.2, 0) is 32.6 Å². The number of ether oxygens (including phenoxy) is 1. The van der Waals surface area contributed by atoms with Crippen LogP contribution in [0.2, 0.25) is 0 Å². The summed E-state index contributed by atoms with van der Waals surface area (Å²) in [6, 6.07) is 40.3. The minimum Gasteiger partial charge on any atom is -0.457 e. The highest BCUT2D eigenvalue weighted by molar-refractivity contribution is 7.92. The van der Waals surface area contributed by atoms with Gasteiger partial charge in [0.15, 0.2) is 0 Å². The summed E-state index contributed by atoms with van der Waals surface area (Å²) < 4.78 is 35.8. The van der Waals surface area contributed by atoms with Crippen LogP contribution < -0.4 is 14.4 Å². The number of hydrogen-bond donors (Lipinski definition) is 1. The summed E-state index contributed by atoms with van der Waals surface area (Å²) in [5.41, 5.74) is 2.27. The van der Waals surface area contributed by atoms with Gasteiger partial charge in [0.2, 0.25) is 11.8 Å². The number of nitrogens with zero attached hydrogens (tertiary/aromatic N) is 2. The molecule has 0 aliphatic carbocycles. The van der Waals surface area contributed by atoms with E-state index in [1.54, 1.807) is 36.4 Å². The molecule has 0 unspecified atom stereocenters. The van der Waals surface area contributed by atoms with Crippen molar-refractivity contribution in [2.24, 2.45) is 0 Å². The molecule has 0 spiro atoms. The summed E-state index contributed by atoms with van der Waals surface area (Å²) in [4.78, 5) is 30.3. The van der Waals surface area contributed by atoms with Gasteiger partial charge in [-0.15, -0.1) is 0 Å². The number of anilines is 1. The molecule has 0 radical (unpaired) electrons. The summed E-state index contributed by atoms with van der Waals surface area (Å²) in [6.07, 6.45) is 0.234. The second-order valence-electron chi connectivity index (χ2n) is 13.2. The van der Waals surface area contributed by atoms with E-state index in [0.717, 1.165) is 21.0 Å². The highest BCUT2D eigenvalue weighted by atomic mass is 32.2. The summed E-state index contributed by atoms with van der Waals surface area (Å²) in [7, 11) is -4.23. The number of nitrogens with one attached hydrogen (secondary N) is 1. The van der Waals surface area contributed by atoms with Gasteiger partial charge in [0, 0.05) is 18.5 Å². The summed E-state index contributed by atoms with van der Waals surface area (Å²) in [5.74, 6) is 0.278. The average molecular weight is 690 g/mol. The molecule has 1 N–H and O–H groups in total. The van der Waals surface area contributed by atoms with Gasteiger partial charge in [-0.3, -0.25) is 13.9 Å². The first-order valence-electron chi connectivity index (χ1n) is 16.5. The van der Waals surface area contributed by atoms with Crippen LogP contribution in [0.4, 0.5) is 5.69 Å². The molecule has 0 bridgehead atoms. The van der Waals surface area contributed by atoms with Crippen molar-refractivity contribution in [3.05, 3.63) is 156 Å². The predicted octanol–water partition coefficient (Wildman–Crippen LogP) is 7.54. The Morgan fingerprint density at radius 1 is 0.700 bits per heavy atom. The van der Waals surface area contributed by atoms with Crippen molar-refractivity contribution < 1.29 is 22.7 Å². The van der Waals surface area contributed by atoms with Crippen LogP contribution in [0.5, 0.6) is 11.5 Å². The van der Waals surface area contributed by atoms with Crippen LogP contribution in [-0.4, -0.2) is 43.3 Å². The highest BCUT2D eigenvalue weighted by Crippen LogP contribution is 2.29. The number of sulfonamides is 1. The maximum Gasteiger partial charge on any atom is 0.264 e. The van der Waals surface area contributed by atoms with Crippen molar-refractivity contribution in [3.8, 4) is 11.5 Å². The molecular formula is C41H43N3O5S. The van der Waals surface area contributed by atoms with Crippen LogP contribution in [0.25, 0.3) is 0 Å². The standard InChI is InChI=1S/C41H43N3O5S/c1-31-20-26-37(27-21-31)50(47,48)44(34-22-24-36(25-23-34)49-35-18-12-7-13-19-35)30-39(45)43(29-33-16-10-6-11-17-33)38(40(46)42-41(2,3)4)28-32-14-8-5-9-15-32/h5-27,38H,28-30H2,1-4H3,(H,42,46)/t38-/m0/s1. The molecule has 5 aromatic rings. The zero-order valence-corrected chi connectivity index (χ0v) is 29.6. The van der Waals surface area contributed by atoms with E-state index in [0.29, 0.717) is 11.5 Å². The minimum atomic E-state index is -4.23. The fourth-order valence-electron chi connectivity index (χ4n) is 5.46. The number of hydrogen-bond acceptors (Lipinski definition) is 5. The Balaban J connectivity index is 1.56. The molecule has 2 amide bonds. The van der Waals surface area contributed by atoms with Crippen molar-refractivity contribution in [3.63, 3.8) is 0 Å². The second-order valence-corrected chi connectivity index (χ2v) is 15.0. The number of amides is 2. The quantitative estimate of drug-likeness (QED) is 0.138. The van der Waals surface area contributed by atoms with E-state index in [1.807, 2.05) is 119 Å². The van der Waals surface area contributed by atoms with Crippen molar-refractivity contribution >= 4 is 27.5 Å². The van der Waals surface area contributed by atoms with Crippen LogP contribution >= 0.6 is 0 Å². The molecule has 5 rings (SSSR count). The largest absolute Gasteiger partial charge is 0.457 e. The van der Waals surface area contributed by atoms with E-state index in [9.17, 15) is 18.0 Å². The van der Waals surface area contributed by atoms with Gasteiger partial charge in [0.05, 0.1) is 10.6 Å². The third-order valence-electron chi connectivity index (χ3n) is 7.96. The Kier molecular flexibility index (Phi) is 11.4.